The van der Waals surface area contributed by atoms with Crippen LogP contribution in [0.5, 0.6) is 0 Å². The standard InChI is InChI=1S/C13H22N2O2S/c1-9(2)7-8-18(16,17)15-13-11(4)10(3)5-6-12(13)14/h5-6,9,15H,7-8,14H2,1-4H3. The Labute approximate surface area is 110 Å². The number of nitrogen functional groups attached to an aromatic ring is 1. The van der Waals surface area contributed by atoms with Gasteiger partial charge in [-0.2, -0.15) is 0 Å². The van der Waals surface area contributed by atoms with Crippen LogP contribution in [0.15, 0.2) is 12.1 Å². The maximum Gasteiger partial charge on any atom is 0.232 e. The third-order valence-corrected chi connectivity index (χ3v) is 4.28. The van der Waals surface area contributed by atoms with Crippen LogP contribution >= 0.6 is 0 Å². The quantitative estimate of drug-likeness (QED) is 0.808. The van der Waals surface area contributed by atoms with Gasteiger partial charge >= 0.3 is 0 Å². The van der Waals surface area contributed by atoms with E-state index in [-0.39, 0.29) is 5.75 Å². The van der Waals surface area contributed by atoms with Gasteiger partial charge in [-0.25, -0.2) is 8.42 Å². The Morgan fingerprint density at radius 2 is 1.89 bits per heavy atom. The number of hydrogen-bond acceptors (Lipinski definition) is 3. The van der Waals surface area contributed by atoms with Crippen molar-refractivity contribution >= 4 is 21.4 Å². The van der Waals surface area contributed by atoms with Gasteiger partial charge in [0.05, 0.1) is 17.1 Å². The first-order valence-corrected chi connectivity index (χ1v) is 7.74. The molecule has 0 unspecified atom stereocenters. The second-order valence-electron chi connectivity index (χ2n) is 5.08. The smallest absolute Gasteiger partial charge is 0.232 e. The van der Waals surface area contributed by atoms with E-state index in [4.69, 9.17) is 5.73 Å². The Morgan fingerprint density at radius 1 is 1.28 bits per heavy atom. The molecule has 0 spiro atoms. The molecule has 0 fully saturated rings. The largest absolute Gasteiger partial charge is 0.397 e. The first-order chi connectivity index (χ1) is 8.23. The van der Waals surface area contributed by atoms with E-state index in [0.717, 1.165) is 11.1 Å². The lowest BCUT2D eigenvalue weighted by Crippen LogP contribution is -2.19. The molecule has 0 bridgehead atoms. The van der Waals surface area contributed by atoms with E-state index in [0.29, 0.717) is 23.7 Å². The van der Waals surface area contributed by atoms with Crippen LogP contribution in [-0.2, 0) is 10.0 Å². The van der Waals surface area contributed by atoms with Crippen molar-refractivity contribution in [3.05, 3.63) is 23.3 Å². The summed E-state index contributed by atoms with van der Waals surface area (Å²) < 4.78 is 26.5. The molecule has 4 nitrogen and oxygen atoms in total. The summed E-state index contributed by atoms with van der Waals surface area (Å²) in [6.07, 6.45) is 0.639. The van der Waals surface area contributed by atoms with Gasteiger partial charge in [-0.15, -0.1) is 0 Å². The molecule has 5 heteroatoms. The normalized spacial score (nSPS) is 11.8. The summed E-state index contributed by atoms with van der Waals surface area (Å²) in [4.78, 5) is 0. The predicted octanol–water partition coefficient (Wildman–Crippen LogP) is 2.67. The molecule has 0 aromatic heterocycles. The Bertz CT molecular complexity index is 522. The number of nitrogens with two attached hydrogens (primary N) is 1. The predicted molar refractivity (Wildman–Crippen MR) is 77.2 cm³/mol. The average molecular weight is 270 g/mol. The van der Waals surface area contributed by atoms with Crippen LogP contribution in [0.25, 0.3) is 0 Å². The third kappa shape index (κ3) is 3.91. The van der Waals surface area contributed by atoms with Crippen molar-refractivity contribution in [2.24, 2.45) is 5.92 Å². The highest BCUT2D eigenvalue weighted by atomic mass is 32.2. The summed E-state index contributed by atoms with van der Waals surface area (Å²) in [6, 6.07) is 3.61. The van der Waals surface area contributed by atoms with Crippen molar-refractivity contribution in [1.82, 2.24) is 0 Å². The SMILES string of the molecule is Cc1ccc(N)c(NS(=O)(=O)CCC(C)C)c1C. The zero-order valence-corrected chi connectivity index (χ0v) is 12.3. The van der Waals surface area contributed by atoms with Crippen molar-refractivity contribution < 1.29 is 8.42 Å². The second-order valence-corrected chi connectivity index (χ2v) is 6.92. The lowest BCUT2D eigenvalue weighted by molar-refractivity contribution is 0.578. The van der Waals surface area contributed by atoms with E-state index < -0.39 is 10.0 Å². The highest BCUT2D eigenvalue weighted by Gasteiger charge is 2.15. The maximum atomic E-state index is 12.0. The molecule has 1 aromatic carbocycles. The van der Waals surface area contributed by atoms with Crippen LogP contribution in [0.3, 0.4) is 0 Å². The number of hydrogen-bond donors (Lipinski definition) is 2. The van der Waals surface area contributed by atoms with E-state index in [9.17, 15) is 8.42 Å². The minimum absolute atomic E-state index is 0.123. The first kappa shape index (κ1) is 14.8. The van der Waals surface area contributed by atoms with Crippen molar-refractivity contribution in [2.75, 3.05) is 16.2 Å². The minimum atomic E-state index is -3.32. The lowest BCUT2D eigenvalue weighted by atomic mass is 10.1. The van der Waals surface area contributed by atoms with Crippen LogP contribution in [0.2, 0.25) is 0 Å². The van der Waals surface area contributed by atoms with Crippen LogP contribution in [0.1, 0.15) is 31.4 Å². The maximum absolute atomic E-state index is 12.0. The molecule has 18 heavy (non-hydrogen) atoms. The molecule has 0 atom stereocenters. The summed E-state index contributed by atoms with van der Waals surface area (Å²) in [7, 11) is -3.32. The van der Waals surface area contributed by atoms with E-state index >= 15 is 0 Å². The fourth-order valence-corrected chi connectivity index (χ4v) is 3.04. The lowest BCUT2D eigenvalue weighted by Gasteiger charge is -2.15. The summed E-state index contributed by atoms with van der Waals surface area (Å²) in [5.74, 6) is 0.481. The van der Waals surface area contributed by atoms with Gasteiger partial charge in [-0.3, -0.25) is 4.72 Å². The molecule has 0 aliphatic carbocycles. The second kappa shape index (κ2) is 5.61. The van der Waals surface area contributed by atoms with Gasteiger partial charge in [0.1, 0.15) is 0 Å². The monoisotopic (exact) mass is 270 g/mol. The Morgan fingerprint density at radius 3 is 2.44 bits per heavy atom. The van der Waals surface area contributed by atoms with E-state index in [1.54, 1.807) is 6.07 Å². The summed E-state index contributed by atoms with van der Waals surface area (Å²) >= 11 is 0. The fraction of sp³-hybridized carbons (Fsp3) is 0.538. The highest BCUT2D eigenvalue weighted by molar-refractivity contribution is 7.92. The van der Waals surface area contributed by atoms with Crippen LogP contribution in [0, 0.1) is 19.8 Å². The van der Waals surface area contributed by atoms with Gasteiger partial charge in [0.25, 0.3) is 0 Å². The molecule has 3 N–H and O–H groups in total. The number of anilines is 2. The molecule has 0 saturated heterocycles. The van der Waals surface area contributed by atoms with Gasteiger partial charge in [0.15, 0.2) is 0 Å². The molecule has 0 radical (unpaired) electrons. The van der Waals surface area contributed by atoms with Crippen LogP contribution < -0.4 is 10.5 Å². The zero-order chi connectivity index (χ0) is 13.9. The summed E-state index contributed by atoms with van der Waals surface area (Å²) in [5, 5.41) is 0. The number of nitrogens with one attached hydrogen (secondary N) is 1. The molecule has 0 amide bonds. The number of sulfonamides is 1. The number of rotatable bonds is 5. The van der Waals surface area contributed by atoms with E-state index in [2.05, 4.69) is 4.72 Å². The molecule has 102 valence electrons. The molecule has 0 aliphatic rings. The minimum Gasteiger partial charge on any atom is -0.397 e. The van der Waals surface area contributed by atoms with Gasteiger partial charge in [0.2, 0.25) is 10.0 Å². The number of aryl methyl sites for hydroxylation is 1. The molecule has 0 saturated carbocycles. The molecule has 0 heterocycles. The molecule has 1 aromatic rings. The summed E-state index contributed by atoms with van der Waals surface area (Å²) in [6.45, 7) is 7.80. The molecule has 0 aliphatic heterocycles. The number of benzene rings is 1. The van der Waals surface area contributed by atoms with Crippen molar-refractivity contribution in [2.45, 2.75) is 34.1 Å². The van der Waals surface area contributed by atoms with Gasteiger partial charge in [-0.1, -0.05) is 19.9 Å². The van der Waals surface area contributed by atoms with Crippen LogP contribution in [-0.4, -0.2) is 14.2 Å². The highest BCUT2D eigenvalue weighted by Crippen LogP contribution is 2.27. The molecule has 1 rings (SSSR count). The Balaban J connectivity index is 2.94. The third-order valence-electron chi connectivity index (χ3n) is 2.99. The Kier molecular flexibility index (Phi) is 4.62. The topological polar surface area (TPSA) is 72.2 Å². The van der Waals surface area contributed by atoms with Crippen LogP contribution in [0.4, 0.5) is 11.4 Å². The van der Waals surface area contributed by atoms with Crippen molar-refractivity contribution in [3.8, 4) is 0 Å². The molecular formula is C13H22N2O2S. The van der Waals surface area contributed by atoms with Gasteiger partial charge in [0, 0.05) is 0 Å². The fourth-order valence-electron chi connectivity index (χ4n) is 1.57. The van der Waals surface area contributed by atoms with Crippen molar-refractivity contribution in [1.29, 1.82) is 0 Å². The average Bonchev–Trinajstić information content (AvgIpc) is 2.27. The van der Waals surface area contributed by atoms with E-state index in [1.165, 1.54) is 0 Å². The van der Waals surface area contributed by atoms with Gasteiger partial charge in [-0.05, 0) is 43.4 Å². The summed E-state index contributed by atoms with van der Waals surface area (Å²) in [5.41, 5.74) is 8.70. The Hall–Kier alpha value is -1.23. The van der Waals surface area contributed by atoms with E-state index in [1.807, 2.05) is 33.8 Å². The van der Waals surface area contributed by atoms with Crippen molar-refractivity contribution in [3.63, 3.8) is 0 Å². The molecular weight excluding hydrogens is 248 g/mol. The van der Waals surface area contributed by atoms with Gasteiger partial charge < -0.3 is 5.73 Å². The zero-order valence-electron chi connectivity index (χ0n) is 11.4. The first-order valence-electron chi connectivity index (χ1n) is 6.09.